The maximum Gasteiger partial charge on any atom is 0.263 e. The van der Waals surface area contributed by atoms with Crippen molar-refractivity contribution in [1.82, 2.24) is 4.98 Å². The van der Waals surface area contributed by atoms with Gasteiger partial charge in [0.05, 0.1) is 33.3 Å². The van der Waals surface area contributed by atoms with Gasteiger partial charge in [-0.3, -0.25) is 9.69 Å². The number of amides is 1. The number of rotatable bonds is 3. The van der Waals surface area contributed by atoms with Gasteiger partial charge < -0.3 is 4.98 Å². The Hall–Kier alpha value is -4.15. The smallest absolute Gasteiger partial charge is 0.263 e. The van der Waals surface area contributed by atoms with Crippen LogP contribution in [0.5, 0.6) is 0 Å². The summed E-state index contributed by atoms with van der Waals surface area (Å²) >= 11 is 0. The van der Waals surface area contributed by atoms with Crippen LogP contribution in [0.3, 0.4) is 0 Å². The molecule has 1 aliphatic rings. The first kappa shape index (κ1) is 20.7. The van der Waals surface area contributed by atoms with Crippen molar-refractivity contribution in [3.8, 4) is 6.07 Å². The normalized spacial score (nSPS) is 14.6. The van der Waals surface area contributed by atoms with Crippen LogP contribution in [0.4, 0.5) is 11.4 Å². The lowest BCUT2D eigenvalue weighted by atomic mass is 9.98. The molecule has 0 fully saturated rings. The zero-order valence-corrected chi connectivity index (χ0v) is 18.8. The van der Waals surface area contributed by atoms with E-state index < -0.39 is 9.84 Å². The number of aromatic nitrogens is 1. The molecule has 33 heavy (non-hydrogen) atoms. The summed E-state index contributed by atoms with van der Waals surface area (Å²) in [4.78, 5) is 18.6. The average molecular weight is 454 g/mol. The number of para-hydroxylation sites is 1. The summed E-state index contributed by atoms with van der Waals surface area (Å²) < 4.78 is 23.7. The third-order valence-corrected chi connectivity index (χ3v) is 7.00. The first-order chi connectivity index (χ1) is 15.8. The van der Waals surface area contributed by atoms with Crippen molar-refractivity contribution in [3.05, 3.63) is 89.1 Å². The Bertz CT molecular complexity index is 1620. The number of nitriles is 1. The Balaban J connectivity index is 1.71. The SMILES string of the molecule is Cc1cc2c(cc1C#N)C(=Cc1cccc3cc[nH]c13)C(=O)N2c1ccc(S(C)(=O)=O)cc1. The van der Waals surface area contributed by atoms with Crippen LogP contribution in [0.1, 0.15) is 22.3 Å². The highest BCUT2D eigenvalue weighted by Gasteiger charge is 2.34. The van der Waals surface area contributed by atoms with Crippen molar-refractivity contribution in [2.75, 3.05) is 11.2 Å². The fourth-order valence-corrected chi connectivity index (χ4v) is 4.81. The predicted octanol–water partition coefficient (Wildman–Crippen LogP) is 4.97. The lowest BCUT2D eigenvalue weighted by Gasteiger charge is -2.18. The van der Waals surface area contributed by atoms with E-state index >= 15 is 0 Å². The monoisotopic (exact) mass is 453 g/mol. The summed E-state index contributed by atoms with van der Waals surface area (Å²) in [6, 6.07) is 19.8. The van der Waals surface area contributed by atoms with Gasteiger partial charge in [-0.2, -0.15) is 5.26 Å². The number of nitrogens with zero attached hydrogens (tertiary/aromatic N) is 2. The standard InChI is InChI=1S/C26H19N3O3S/c1-16-12-24-22(14-19(16)15-27)23(13-18-5-3-4-17-10-11-28-25(17)18)26(30)29(24)20-6-8-21(9-7-20)33(2,31)32/h3-14,28H,1-2H3. The molecule has 6 nitrogen and oxygen atoms in total. The third kappa shape index (κ3) is 3.41. The van der Waals surface area contributed by atoms with Gasteiger partial charge in [0.2, 0.25) is 0 Å². The Morgan fingerprint density at radius 1 is 1.06 bits per heavy atom. The minimum atomic E-state index is -3.35. The van der Waals surface area contributed by atoms with Crippen molar-refractivity contribution >= 4 is 49.7 Å². The third-order valence-electron chi connectivity index (χ3n) is 5.87. The van der Waals surface area contributed by atoms with E-state index in [9.17, 15) is 18.5 Å². The number of anilines is 2. The van der Waals surface area contributed by atoms with Gasteiger partial charge in [-0.1, -0.05) is 18.2 Å². The predicted molar refractivity (Wildman–Crippen MR) is 129 cm³/mol. The Labute approximate surface area is 191 Å². The molecule has 4 aromatic rings. The van der Waals surface area contributed by atoms with E-state index in [1.807, 2.05) is 49.5 Å². The minimum absolute atomic E-state index is 0.184. The number of carbonyl (C=O) groups excluding carboxylic acids is 1. The van der Waals surface area contributed by atoms with Crippen molar-refractivity contribution < 1.29 is 13.2 Å². The van der Waals surface area contributed by atoms with E-state index in [4.69, 9.17) is 0 Å². The number of sulfone groups is 1. The largest absolute Gasteiger partial charge is 0.361 e. The van der Waals surface area contributed by atoms with Crippen molar-refractivity contribution in [2.24, 2.45) is 0 Å². The molecule has 7 heteroatoms. The highest BCUT2D eigenvalue weighted by atomic mass is 32.2. The summed E-state index contributed by atoms with van der Waals surface area (Å²) in [6.07, 6.45) is 4.83. The van der Waals surface area contributed by atoms with Crippen molar-refractivity contribution in [2.45, 2.75) is 11.8 Å². The van der Waals surface area contributed by atoms with Crippen LogP contribution in [-0.2, 0) is 14.6 Å². The number of nitrogens with one attached hydrogen (secondary N) is 1. The molecule has 0 unspecified atom stereocenters. The van der Waals surface area contributed by atoms with Gasteiger partial charge in [-0.15, -0.1) is 0 Å². The molecule has 3 aromatic carbocycles. The van der Waals surface area contributed by atoms with E-state index in [2.05, 4.69) is 11.1 Å². The second-order valence-electron chi connectivity index (χ2n) is 8.05. The van der Waals surface area contributed by atoms with Crippen LogP contribution >= 0.6 is 0 Å². The van der Waals surface area contributed by atoms with Gasteiger partial charge in [0, 0.05) is 23.7 Å². The molecule has 0 radical (unpaired) electrons. The van der Waals surface area contributed by atoms with E-state index in [0.717, 1.165) is 28.3 Å². The van der Waals surface area contributed by atoms with Gasteiger partial charge in [-0.25, -0.2) is 8.42 Å². The van der Waals surface area contributed by atoms with Crippen LogP contribution in [-0.4, -0.2) is 25.6 Å². The van der Waals surface area contributed by atoms with Crippen LogP contribution in [0.2, 0.25) is 0 Å². The van der Waals surface area contributed by atoms with Crippen LogP contribution in [0.15, 0.2) is 71.8 Å². The second kappa shape index (κ2) is 7.47. The maximum atomic E-state index is 13.7. The highest BCUT2D eigenvalue weighted by Crippen LogP contribution is 2.44. The molecule has 0 spiro atoms. The summed E-state index contributed by atoms with van der Waals surface area (Å²) in [5, 5.41) is 10.6. The molecule has 0 saturated heterocycles. The maximum absolute atomic E-state index is 13.7. The van der Waals surface area contributed by atoms with Crippen molar-refractivity contribution in [3.63, 3.8) is 0 Å². The van der Waals surface area contributed by atoms with Crippen molar-refractivity contribution in [1.29, 1.82) is 5.26 Å². The summed E-state index contributed by atoms with van der Waals surface area (Å²) in [5.74, 6) is -0.241. The molecule has 1 aromatic heterocycles. The number of benzene rings is 3. The number of aryl methyl sites for hydroxylation is 1. The molecule has 5 rings (SSSR count). The number of fused-ring (bicyclic) bond motifs is 2. The zero-order valence-electron chi connectivity index (χ0n) is 18.0. The highest BCUT2D eigenvalue weighted by molar-refractivity contribution is 7.90. The van der Waals surface area contributed by atoms with Gasteiger partial charge in [0.15, 0.2) is 9.84 Å². The minimum Gasteiger partial charge on any atom is -0.361 e. The summed E-state index contributed by atoms with van der Waals surface area (Å²) in [5.41, 5.74) is 5.39. The second-order valence-corrected chi connectivity index (χ2v) is 10.1. The van der Waals surface area contributed by atoms with Crippen LogP contribution in [0, 0.1) is 18.3 Å². The lowest BCUT2D eigenvalue weighted by molar-refractivity contribution is -0.112. The molecule has 0 atom stereocenters. The Morgan fingerprint density at radius 2 is 1.82 bits per heavy atom. The van der Waals surface area contributed by atoms with Gasteiger partial charge in [0.1, 0.15) is 0 Å². The molecular formula is C26H19N3O3S. The fourth-order valence-electron chi connectivity index (χ4n) is 4.18. The van der Waals surface area contributed by atoms with Gasteiger partial charge in [-0.05, 0) is 72.0 Å². The van der Waals surface area contributed by atoms with E-state index in [1.54, 1.807) is 23.1 Å². The zero-order chi connectivity index (χ0) is 23.3. The van der Waals surface area contributed by atoms with Gasteiger partial charge >= 0.3 is 0 Å². The first-order valence-corrected chi connectivity index (χ1v) is 12.1. The number of carbonyl (C=O) groups is 1. The molecule has 2 heterocycles. The molecule has 1 aliphatic heterocycles. The topological polar surface area (TPSA) is 94.0 Å². The lowest BCUT2D eigenvalue weighted by Crippen LogP contribution is -2.20. The van der Waals surface area contributed by atoms with E-state index in [0.29, 0.717) is 28.1 Å². The van der Waals surface area contributed by atoms with E-state index in [-0.39, 0.29) is 10.8 Å². The number of aromatic amines is 1. The molecule has 0 saturated carbocycles. The molecule has 1 amide bonds. The van der Waals surface area contributed by atoms with Gasteiger partial charge in [0.25, 0.3) is 5.91 Å². The Kier molecular flexibility index (Phi) is 4.69. The molecular weight excluding hydrogens is 434 g/mol. The fraction of sp³-hybridized carbons (Fsp3) is 0.0769. The molecule has 1 N–H and O–H groups in total. The molecule has 0 bridgehead atoms. The van der Waals surface area contributed by atoms with Crippen LogP contribution < -0.4 is 4.90 Å². The first-order valence-electron chi connectivity index (χ1n) is 10.3. The van der Waals surface area contributed by atoms with E-state index in [1.165, 1.54) is 12.1 Å². The molecule has 162 valence electrons. The summed E-state index contributed by atoms with van der Waals surface area (Å²) in [7, 11) is -3.35. The average Bonchev–Trinajstić information content (AvgIpc) is 3.36. The number of hydrogen-bond donors (Lipinski definition) is 1. The number of hydrogen-bond acceptors (Lipinski definition) is 4. The quantitative estimate of drug-likeness (QED) is 0.443. The summed E-state index contributed by atoms with van der Waals surface area (Å²) in [6.45, 7) is 1.83. The van der Waals surface area contributed by atoms with Crippen LogP contribution in [0.25, 0.3) is 22.6 Å². The Morgan fingerprint density at radius 3 is 2.52 bits per heavy atom. The number of H-pyrrole nitrogens is 1. The molecule has 0 aliphatic carbocycles.